The van der Waals surface area contributed by atoms with Crippen LogP contribution in [0.25, 0.3) is 16.6 Å². The number of para-hydroxylation sites is 1. The predicted octanol–water partition coefficient (Wildman–Crippen LogP) is 4.06. The third kappa shape index (κ3) is 3.24. The molecule has 0 spiro atoms. The van der Waals surface area contributed by atoms with Crippen LogP contribution in [0.1, 0.15) is 56.6 Å². The van der Waals surface area contributed by atoms with E-state index in [0.717, 1.165) is 25.1 Å². The van der Waals surface area contributed by atoms with Crippen molar-refractivity contribution in [3.05, 3.63) is 53.3 Å². The maximum Gasteiger partial charge on any atom is 0.521 e. The molecule has 3 atom stereocenters. The number of aromatic nitrogens is 3. The van der Waals surface area contributed by atoms with E-state index < -0.39 is 8.25 Å². The second-order valence-electron chi connectivity index (χ2n) is 8.58. The number of nitrogens with zero attached hydrogens (tertiary/aromatic N) is 4. The lowest BCUT2D eigenvalue weighted by Crippen LogP contribution is -2.50. The van der Waals surface area contributed by atoms with Crippen LogP contribution in [0.2, 0.25) is 0 Å². The summed E-state index contributed by atoms with van der Waals surface area (Å²) >= 11 is 0. The molecule has 3 aliphatic rings. The molecule has 1 unspecified atom stereocenters. The van der Waals surface area contributed by atoms with Crippen molar-refractivity contribution >= 4 is 24.9 Å². The third-order valence-corrected chi connectivity index (χ3v) is 7.20. The summed E-state index contributed by atoms with van der Waals surface area (Å²) in [5.74, 6) is 1.33. The van der Waals surface area contributed by atoms with Gasteiger partial charge in [-0.2, -0.15) is 4.98 Å². The number of hydrogen-bond acceptors (Lipinski definition) is 8. The summed E-state index contributed by atoms with van der Waals surface area (Å²) in [5.41, 5.74) is 5.48. The number of rotatable bonds is 3. The van der Waals surface area contributed by atoms with E-state index in [-0.39, 0.29) is 6.84 Å². The molecule has 3 aliphatic heterocycles. The van der Waals surface area contributed by atoms with Crippen molar-refractivity contribution in [2.75, 3.05) is 13.1 Å². The van der Waals surface area contributed by atoms with Crippen molar-refractivity contribution in [1.29, 1.82) is 0 Å². The highest BCUT2D eigenvalue weighted by atomic mass is 31.1. The monoisotopic (exact) mass is 458 g/mol. The van der Waals surface area contributed by atoms with Crippen molar-refractivity contribution in [2.45, 2.75) is 45.6 Å². The van der Waals surface area contributed by atoms with Gasteiger partial charge in [0.15, 0.2) is 5.82 Å². The summed E-state index contributed by atoms with van der Waals surface area (Å²) in [4.78, 5) is 16.3. The molecule has 1 saturated heterocycles. The molecule has 2 aromatic heterocycles. The number of aryl methyl sites for hydroxylation is 1. The molecule has 3 aromatic rings. The summed E-state index contributed by atoms with van der Waals surface area (Å²) in [7, 11) is -3.04. The van der Waals surface area contributed by atoms with Crippen LogP contribution >= 0.6 is 8.25 Å². The van der Waals surface area contributed by atoms with Crippen LogP contribution in [0.15, 0.2) is 34.9 Å². The number of fused-ring (bicyclic) bond motifs is 3. The molecule has 1 N–H and O–H groups in total. The van der Waals surface area contributed by atoms with Gasteiger partial charge in [0.2, 0.25) is 0 Å². The molecule has 0 radical (unpaired) electrons. The van der Waals surface area contributed by atoms with Crippen molar-refractivity contribution in [1.82, 2.24) is 19.6 Å². The van der Waals surface area contributed by atoms with Gasteiger partial charge >= 0.3 is 8.25 Å². The molecule has 0 aliphatic carbocycles. The summed E-state index contributed by atoms with van der Waals surface area (Å²) in [6.07, 6.45) is 7.20. The van der Waals surface area contributed by atoms with E-state index in [2.05, 4.69) is 61.5 Å². The Labute approximate surface area is 187 Å². The van der Waals surface area contributed by atoms with E-state index in [0.29, 0.717) is 17.8 Å². The molecule has 170 valence electrons. The highest BCUT2D eigenvalue weighted by molar-refractivity contribution is 7.30. The van der Waals surface area contributed by atoms with Gasteiger partial charge in [0.25, 0.3) is 5.89 Å². The third-order valence-electron chi connectivity index (χ3n) is 7.06. The predicted molar refractivity (Wildman–Crippen MR) is 118 cm³/mol. The van der Waals surface area contributed by atoms with Crippen LogP contribution < -0.4 is 4.89 Å². The molecule has 0 saturated carbocycles. The first-order valence-corrected chi connectivity index (χ1v) is 11.9. The Balaban J connectivity index is 0.000000394. The second kappa shape index (κ2) is 8.17. The van der Waals surface area contributed by atoms with Crippen molar-refractivity contribution in [2.24, 2.45) is 5.41 Å². The Bertz CT molecular complexity index is 1220. The lowest BCUT2D eigenvalue weighted by Gasteiger charge is -2.53. The average molecular weight is 458 g/mol. The van der Waals surface area contributed by atoms with Gasteiger partial charge in [0.1, 0.15) is 5.70 Å². The van der Waals surface area contributed by atoms with Crippen molar-refractivity contribution in [3.8, 4) is 0 Å². The van der Waals surface area contributed by atoms with Gasteiger partial charge in [-0.3, -0.25) is 4.90 Å². The lowest BCUT2D eigenvalue weighted by atomic mass is 9.66. The maximum absolute atomic E-state index is 8.93. The normalized spacial score (nSPS) is 24.4. The van der Waals surface area contributed by atoms with E-state index in [1.54, 1.807) is 0 Å². The fourth-order valence-electron chi connectivity index (χ4n) is 5.84. The van der Waals surface area contributed by atoms with Crippen LogP contribution in [0, 0.1) is 12.3 Å². The largest absolute Gasteiger partial charge is 0.565 e. The first-order valence-electron chi connectivity index (χ1n) is 10.8. The maximum atomic E-state index is 8.93. The van der Waals surface area contributed by atoms with E-state index in [1.807, 2.05) is 6.92 Å². The zero-order valence-corrected chi connectivity index (χ0v) is 18.9. The Hall–Kier alpha value is -2.42. The summed E-state index contributed by atoms with van der Waals surface area (Å²) in [6, 6.07) is 9.26. The molecule has 5 heterocycles. The quantitative estimate of drug-likeness (QED) is 0.355. The fraction of sp³-hybridized carbons (Fsp3) is 0.455. The van der Waals surface area contributed by atoms with Gasteiger partial charge < -0.3 is 14.0 Å². The van der Waals surface area contributed by atoms with Gasteiger partial charge in [-0.25, -0.2) is 5.26 Å². The summed E-state index contributed by atoms with van der Waals surface area (Å²) < 4.78 is 19.7. The molecular formula is C22H27N4O5P. The molecular weight excluding hydrogens is 431 g/mol. The molecule has 1 fully saturated rings. The Morgan fingerprint density at radius 1 is 1.41 bits per heavy atom. The smallest absolute Gasteiger partial charge is 0.521 e. The molecule has 32 heavy (non-hydrogen) atoms. The van der Waals surface area contributed by atoms with E-state index >= 15 is 0 Å². The zero-order valence-electron chi connectivity index (χ0n) is 18.0. The van der Waals surface area contributed by atoms with Crippen LogP contribution in [0.3, 0.4) is 0 Å². The summed E-state index contributed by atoms with van der Waals surface area (Å²) in [5, 5.41) is 12.5. The number of benzene rings is 1. The molecule has 10 heteroatoms. The van der Waals surface area contributed by atoms with Gasteiger partial charge in [-0.05, 0) is 61.4 Å². The molecule has 1 aromatic carbocycles. The van der Waals surface area contributed by atoms with Gasteiger partial charge in [0, 0.05) is 29.1 Å². The van der Waals surface area contributed by atoms with E-state index in [1.165, 1.54) is 41.5 Å². The zero-order chi connectivity index (χ0) is 22.5. The molecule has 0 bridgehead atoms. The van der Waals surface area contributed by atoms with E-state index in [4.69, 9.17) is 19.2 Å². The van der Waals surface area contributed by atoms with E-state index in [9.17, 15) is 0 Å². The lowest BCUT2D eigenvalue weighted by molar-refractivity contribution is -0.244. The highest BCUT2D eigenvalue weighted by Gasteiger charge is 2.50. The van der Waals surface area contributed by atoms with Crippen LogP contribution in [-0.2, 0) is 15.7 Å². The number of hydrogen-bond donors (Lipinski definition) is 1. The molecule has 0 amide bonds. The molecule has 6 rings (SSSR count). The van der Waals surface area contributed by atoms with Gasteiger partial charge in [-0.1, -0.05) is 30.3 Å². The van der Waals surface area contributed by atoms with Gasteiger partial charge in [-0.15, -0.1) is 0 Å². The first-order chi connectivity index (χ1) is 15.5. The van der Waals surface area contributed by atoms with Crippen molar-refractivity contribution in [3.63, 3.8) is 0 Å². The second-order valence-corrected chi connectivity index (χ2v) is 9.19. The van der Waals surface area contributed by atoms with Crippen LogP contribution in [0.5, 0.6) is 0 Å². The first kappa shape index (κ1) is 21.4. The minimum atomic E-state index is -3.04. The standard InChI is InChI=1S/C22H24N4O.HO4P.H2/c1-3-22-10-6-11-25-12-9-16-15-7-4-5-8-17(15)26(19(16)20(22)25)18(13-22)21-23-14(2)24-27-21;1-4-5(2)3;/h4-5,7-8,13,20H,3,6,9-12H2,1-2H3;1H;1H/t20-,22+;;/m1../s1. The Kier molecular flexibility index (Phi) is 5.47. The number of piperidine rings is 1. The SMILES string of the molecule is CC[C@@]12C=C(c3nc(C)no3)n3c4c(c5ccccc53)CCN(CCC1)[C@H]42.O=[P+]([O-])OO.[HH]. The topological polar surface area (TPSA) is 117 Å². The van der Waals surface area contributed by atoms with Crippen molar-refractivity contribution < 1.29 is 25.3 Å². The van der Waals surface area contributed by atoms with Crippen LogP contribution in [-0.4, -0.2) is 38.0 Å². The minimum Gasteiger partial charge on any atom is -0.565 e. The Morgan fingerprint density at radius 3 is 2.88 bits per heavy atom. The van der Waals surface area contributed by atoms with Gasteiger partial charge in [0.05, 0.1) is 11.6 Å². The van der Waals surface area contributed by atoms with Crippen LogP contribution in [0.4, 0.5) is 0 Å². The fourth-order valence-corrected chi connectivity index (χ4v) is 5.84. The Morgan fingerprint density at radius 2 is 2.19 bits per heavy atom. The minimum absolute atomic E-state index is 0. The highest BCUT2D eigenvalue weighted by Crippen LogP contribution is 2.57. The molecule has 9 nitrogen and oxygen atoms in total. The summed E-state index contributed by atoms with van der Waals surface area (Å²) in [6.45, 7) is 6.59. The average Bonchev–Trinajstić information content (AvgIpc) is 3.40.